The number of carboxylic acids is 1. The highest BCUT2D eigenvalue weighted by atomic mass is 32.1. The number of aromatic carboxylic acids is 1. The lowest BCUT2D eigenvalue weighted by molar-refractivity contribution is -0.123. The van der Waals surface area contributed by atoms with Gasteiger partial charge in [0.2, 0.25) is 10.6 Å². The number of methoxy groups -OCH3 is 1. The summed E-state index contributed by atoms with van der Waals surface area (Å²) in [6.07, 6.45) is 2.83. The Kier molecular flexibility index (Phi) is 6.10. The van der Waals surface area contributed by atoms with E-state index in [0.29, 0.717) is 47.6 Å². The SMILES string of the molecule is COCc1cc(CC(=O)C2CN(c3cc(C)c4c(=O)c(C(=O)O)cn(-c5ncns5)c4n3)C2)nn1C. The Morgan fingerprint density at radius 1 is 1.28 bits per heavy atom. The average Bonchev–Trinajstić information content (AvgIpc) is 3.43. The predicted molar refractivity (Wildman–Crippen MR) is 131 cm³/mol. The Hall–Kier alpha value is -3.97. The van der Waals surface area contributed by atoms with Crippen molar-refractivity contribution in [2.75, 3.05) is 25.1 Å². The summed E-state index contributed by atoms with van der Waals surface area (Å²) in [5, 5.41) is 14.5. The summed E-state index contributed by atoms with van der Waals surface area (Å²) >= 11 is 1.06. The Bertz CT molecular complexity index is 1540. The van der Waals surface area contributed by atoms with Crippen molar-refractivity contribution in [2.24, 2.45) is 13.0 Å². The summed E-state index contributed by atoms with van der Waals surface area (Å²) in [5.74, 6) is -0.780. The fourth-order valence-electron chi connectivity index (χ4n) is 4.34. The van der Waals surface area contributed by atoms with Gasteiger partial charge < -0.3 is 14.7 Å². The minimum Gasteiger partial charge on any atom is -0.477 e. The molecule has 0 bridgehead atoms. The van der Waals surface area contributed by atoms with Crippen LogP contribution < -0.4 is 10.3 Å². The number of carbonyl (C=O) groups is 2. The number of aromatic nitrogens is 6. The van der Waals surface area contributed by atoms with Crippen LogP contribution in [0.15, 0.2) is 29.5 Å². The van der Waals surface area contributed by atoms with Gasteiger partial charge in [0, 0.05) is 45.0 Å². The molecule has 0 atom stereocenters. The third kappa shape index (κ3) is 4.16. The monoisotopic (exact) mass is 509 g/mol. The number of ketones is 1. The molecule has 1 fully saturated rings. The Labute approximate surface area is 209 Å². The molecule has 0 saturated carbocycles. The van der Waals surface area contributed by atoms with E-state index in [9.17, 15) is 19.5 Å². The molecule has 1 aliphatic heterocycles. The van der Waals surface area contributed by atoms with Crippen LogP contribution in [0.4, 0.5) is 5.82 Å². The summed E-state index contributed by atoms with van der Waals surface area (Å²) < 4.78 is 12.3. The van der Waals surface area contributed by atoms with Gasteiger partial charge in [0.1, 0.15) is 23.5 Å². The lowest BCUT2D eigenvalue weighted by Gasteiger charge is -2.39. The molecule has 0 aromatic carbocycles. The first kappa shape index (κ1) is 23.8. The number of pyridine rings is 2. The van der Waals surface area contributed by atoms with E-state index in [1.165, 1.54) is 17.1 Å². The normalized spacial score (nSPS) is 13.8. The van der Waals surface area contributed by atoms with Crippen molar-refractivity contribution in [1.82, 2.24) is 28.7 Å². The van der Waals surface area contributed by atoms with Crippen molar-refractivity contribution in [1.29, 1.82) is 0 Å². The van der Waals surface area contributed by atoms with Crippen LogP contribution in [-0.4, -0.2) is 65.7 Å². The topological polar surface area (TPSA) is 145 Å². The molecule has 4 aromatic rings. The van der Waals surface area contributed by atoms with E-state index in [0.717, 1.165) is 17.2 Å². The van der Waals surface area contributed by atoms with Crippen LogP contribution in [0.5, 0.6) is 0 Å². The number of anilines is 1. The number of rotatable bonds is 8. The Balaban J connectivity index is 1.41. The number of carbonyl (C=O) groups excluding carboxylic acids is 1. The van der Waals surface area contributed by atoms with E-state index in [1.54, 1.807) is 24.8 Å². The van der Waals surface area contributed by atoms with Crippen LogP contribution in [0.1, 0.15) is 27.3 Å². The minimum atomic E-state index is -1.32. The number of Topliss-reactive ketones (excluding diaryl/α,β-unsaturated/α-hetero) is 1. The Morgan fingerprint density at radius 3 is 2.72 bits per heavy atom. The number of nitrogens with zero attached hydrogens (tertiary/aromatic N) is 7. The fourth-order valence-corrected chi connectivity index (χ4v) is 4.85. The zero-order chi connectivity index (χ0) is 25.6. The molecular weight excluding hydrogens is 486 g/mol. The van der Waals surface area contributed by atoms with Crippen molar-refractivity contribution in [2.45, 2.75) is 20.0 Å². The quantitative estimate of drug-likeness (QED) is 0.370. The van der Waals surface area contributed by atoms with Gasteiger partial charge in [-0.15, -0.1) is 0 Å². The highest BCUT2D eigenvalue weighted by Crippen LogP contribution is 2.29. The van der Waals surface area contributed by atoms with Gasteiger partial charge in [0.15, 0.2) is 5.65 Å². The van der Waals surface area contributed by atoms with Crippen molar-refractivity contribution in [3.8, 4) is 5.13 Å². The average molecular weight is 510 g/mol. The van der Waals surface area contributed by atoms with Gasteiger partial charge >= 0.3 is 5.97 Å². The van der Waals surface area contributed by atoms with Crippen LogP contribution in [0.25, 0.3) is 16.2 Å². The maximum atomic E-state index is 12.9. The zero-order valence-corrected chi connectivity index (χ0v) is 20.7. The summed E-state index contributed by atoms with van der Waals surface area (Å²) in [7, 11) is 3.43. The summed E-state index contributed by atoms with van der Waals surface area (Å²) in [6, 6.07) is 3.63. The summed E-state index contributed by atoms with van der Waals surface area (Å²) in [4.78, 5) is 48.3. The van der Waals surface area contributed by atoms with Crippen molar-refractivity contribution >= 4 is 40.1 Å². The molecule has 13 heteroatoms. The van der Waals surface area contributed by atoms with Gasteiger partial charge in [-0.3, -0.25) is 18.8 Å². The van der Waals surface area contributed by atoms with E-state index in [4.69, 9.17) is 4.74 Å². The van der Waals surface area contributed by atoms with Crippen molar-refractivity contribution in [3.63, 3.8) is 0 Å². The predicted octanol–water partition coefficient (Wildman–Crippen LogP) is 1.37. The van der Waals surface area contributed by atoms with Gasteiger partial charge in [0.25, 0.3) is 0 Å². The molecule has 0 aliphatic carbocycles. The molecule has 12 nitrogen and oxygen atoms in total. The lowest BCUT2D eigenvalue weighted by atomic mass is 9.92. The third-order valence-electron chi connectivity index (χ3n) is 6.26. The minimum absolute atomic E-state index is 0.0997. The zero-order valence-electron chi connectivity index (χ0n) is 19.8. The van der Waals surface area contributed by atoms with Crippen LogP contribution >= 0.6 is 11.5 Å². The highest BCUT2D eigenvalue weighted by Gasteiger charge is 2.34. The maximum Gasteiger partial charge on any atom is 0.341 e. The Morgan fingerprint density at radius 2 is 2.06 bits per heavy atom. The fraction of sp³-hybridized carbons (Fsp3) is 0.348. The van der Waals surface area contributed by atoms with Crippen LogP contribution in [-0.2, 0) is 29.6 Å². The van der Waals surface area contributed by atoms with Gasteiger partial charge in [-0.1, -0.05) is 0 Å². The second-order valence-electron chi connectivity index (χ2n) is 8.70. The van der Waals surface area contributed by atoms with Gasteiger partial charge in [-0.05, 0) is 24.6 Å². The number of carboxylic acid groups (broad SMARTS) is 1. The third-order valence-corrected chi connectivity index (χ3v) is 6.93. The van der Waals surface area contributed by atoms with E-state index in [1.807, 2.05) is 18.0 Å². The number of hydrogen-bond donors (Lipinski definition) is 1. The largest absolute Gasteiger partial charge is 0.477 e. The lowest BCUT2D eigenvalue weighted by Crippen LogP contribution is -2.51. The first-order valence-electron chi connectivity index (χ1n) is 11.1. The van der Waals surface area contributed by atoms with Crippen molar-refractivity contribution in [3.05, 3.63) is 57.4 Å². The molecule has 36 heavy (non-hydrogen) atoms. The smallest absolute Gasteiger partial charge is 0.341 e. The van der Waals surface area contributed by atoms with Crippen LogP contribution in [0.3, 0.4) is 0 Å². The molecule has 1 saturated heterocycles. The molecular formula is C23H23N7O5S. The first-order chi connectivity index (χ1) is 17.3. The number of aryl methyl sites for hydroxylation is 2. The van der Waals surface area contributed by atoms with Gasteiger partial charge in [-0.2, -0.15) is 9.47 Å². The molecule has 1 aliphatic rings. The number of hydrogen-bond acceptors (Lipinski definition) is 10. The molecule has 0 radical (unpaired) electrons. The number of fused-ring (bicyclic) bond motifs is 1. The summed E-state index contributed by atoms with van der Waals surface area (Å²) in [5.41, 5.74) is 1.53. The molecule has 0 amide bonds. The molecule has 4 aromatic heterocycles. The molecule has 186 valence electrons. The van der Waals surface area contributed by atoms with E-state index < -0.39 is 11.4 Å². The second-order valence-corrected chi connectivity index (χ2v) is 9.45. The molecule has 1 N–H and O–H groups in total. The van der Waals surface area contributed by atoms with Gasteiger partial charge in [-0.25, -0.2) is 14.8 Å². The first-order valence-corrected chi connectivity index (χ1v) is 11.9. The van der Waals surface area contributed by atoms with Crippen molar-refractivity contribution < 1.29 is 19.4 Å². The standard InChI is InChI=1S/C23H23N7O5S/c1-12-4-18(29-7-13(8-29)17(31)6-14-5-15(10-35-3)28(2)27-14)26-21-19(12)20(32)16(22(33)34)9-30(21)23-24-11-25-36-23/h4-5,9,11,13H,6-8,10H2,1-3H3,(H,33,34). The maximum absolute atomic E-state index is 12.9. The highest BCUT2D eigenvalue weighted by molar-refractivity contribution is 7.08. The summed E-state index contributed by atoms with van der Waals surface area (Å²) in [6.45, 7) is 3.15. The van der Waals surface area contributed by atoms with Crippen LogP contribution in [0.2, 0.25) is 0 Å². The molecule has 5 heterocycles. The molecule has 0 spiro atoms. The second kappa shape index (κ2) is 9.24. The van der Waals surface area contributed by atoms with Crippen LogP contribution in [0, 0.1) is 12.8 Å². The molecule has 0 unspecified atom stereocenters. The number of ether oxygens (including phenoxy) is 1. The van der Waals surface area contributed by atoms with Gasteiger partial charge in [0.05, 0.1) is 35.7 Å². The van der Waals surface area contributed by atoms with E-state index in [-0.39, 0.29) is 29.1 Å². The molecule has 5 rings (SSSR count). The van der Waals surface area contributed by atoms with E-state index in [2.05, 4.69) is 19.4 Å². The van der Waals surface area contributed by atoms with E-state index >= 15 is 0 Å².